The number of carbonyl (C=O) groups excluding carboxylic acids is 3. The summed E-state index contributed by atoms with van der Waals surface area (Å²) in [6.45, 7) is 0.432. The summed E-state index contributed by atoms with van der Waals surface area (Å²) in [5.41, 5.74) is 4.37. The lowest BCUT2D eigenvalue weighted by Gasteiger charge is -2.17. The molecule has 0 aliphatic rings. The molecule has 0 saturated carbocycles. The fourth-order valence-corrected chi connectivity index (χ4v) is 6.49. The summed E-state index contributed by atoms with van der Waals surface area (Å²) in [7, 11) is 0. The molecule has 7 nitrogen and oxygen atoms in total. The first-order valence-electron chi connectivity index (χ1n) is 16.4. The molecule has 0 aliphatic carbocycles. The van der Waals surface area contributed by atoms with E-state index in [0.717, 1.165) is 25.3 Å². The molecule has 0 bridgehead atoms. The van der Waals surface area contributed by atoms with Crippen molar-refractivity contribution in [2.45, 2.75) is 16.8 Å². The van der Waals surface area contributed by atoms with Gasteiger partial charge < -0.3 is 20.7 Å². The molecule has 52 heavy (non-hydrogen) atoms. The Morgan fingerprint density at radius 2 is 1.23 bits per heavy atom. The van der Waals surface area contributed by atoms with Crippen LogP contribution in [0.25, 0.3) is 6.08 Å². The Morgan fingerprint density at radius 3 is 1.88 bits per heavy atom. The van der Waals surface area contributed by atoms with Crippen LogP contribution in [-0.4, -0.2) is 17.7 Å². The Balaban J connectivity index is 1.16. The van der Waals surface area contributed by atoms with Crippen molar-refractivity contribution >= 4 is 69.5 Å². The minimum Gasteiger partial charge on any atom is -0.489 e. The molecule has 9 heteroatoms. The van der Waals surface area contributed by atoms with Crippen molar-refractivity contribution < 1.29 is 19.1 Å². The van der Waals surface area contributed by atoms with Gasteiger partial charge in [-0.3, -0.25) is 14.4 Å². The molecular weight excluding hydrogens is 781 g/mol. The van der Waals surface area contributed by atoms with Crippen LogP contribution in [-0.2, 0) is 16.2 Å². The van der Waals surface area contributed by atoms with Gasteiger partial charge >= 0.3 is 0 Å². The minimum atomic E-state index is -0.515. The van der Waals surface area contributed by atoms with E-state index in [4.69, 9.17) is 4.74 Å². The second kappa shape index (κ2) is 18.0. The van der Waals surface area contributed by atoms with Crippen LogP contribution in [0.1, 0.15) is 32.3 Å². The van der Waals surface area contributed by atoms with Gasteiger partial charge in [-0.2, -0.15) is 0 Å². The van der Waals surface area contributed by atoms with E-state index in [0.29, 0.717) is 29.2 Å². The van der Waals surface area contributed by atoms with Crippen molar-refractivity contribution in [2.24, 2.45) is 0 Å². The van der Waals surface area contributed by atoms with Crippen LogP contribution in [0.5, 0.6) is 5.75 Å². The fourth-order valence-electron chi connectivity index (χ4n) is 5.10. The van der Waals surface area contributed by atoms with E-state index in [9.17, 15) is 14.4 Å². The van der Waals surface area contributed by atoms with Crippen molar-refractivity contribution in [1.82, 2.24) is 5.32 Å². The molecule has 258 valence electrons. The molecule has 0 spiro atoms. The maximum atomic E-state index is 13.7. The van der Waals surface area contributed by atoms with Crippen LogP contribution >= 0.6 is 34.4 Å². The largest absolute Gasteiger partial charge is 0.489 e. The average molecular weight is 816 g/mol. The summed E-state index contributed by atoms with van der Waals surface area (Å²) in [4.78, 5) is 41.1. The molecule has 6 aromatic rings. The zero-order chi connectivity index (χ0) is 36.1. The highest BCUT2D eigenvalue weighted by Crippen LogP contribution is 2.37. The normalized spacial score (nSPS) is 11.6. The number of benzene rings is 6. The predicted molar refractivity (Wildman–Crippen MR) is 217 cm³/mol. The number of amides is 3. The Morgan fingerprint density at radius 1 is 0.654 bits per heavy atom. The number of anilines is 2. The van der Waals surface area contributed by atoms with Crippen molar-refractivity contribution in [1.29, 1.82) is 0 Å². The number of rotatable bonds is 13. The first-order chi connectivity index (χ1) is 25.4. The summed E-state index contributed by atoms with van der Waals surface area (Å²) >= 11 is 3.64. The Labute approximate surface area is 320 Å². The lowest BCUT2D eigenvalue weighted by atomic mass is 10.1. The number of halogens is 1. The zero-order valence-corrected chi connectivity index (χ0v) is 30.8. The molecule has 0 aromatic heterocycles. The number of hydrogen-bond acceptors (Lipinski definition) is 5. The van der Waals surface area contributed by atoms with Crippen LogP contribution in [0.2, 0.25) is 0 Å². The van der Waals surface area contributed by atoms with E-state index < -0.39 is 17.1 Å². The molecule has 1 unspecified atom stereocenters. The maximum Gasteiger partial charge on any atom is 0.272 e. The summed E-state index contributed by atoms with van der Waals surface area (Å²) in [6.07, 6.45) is 1.62. The van der Waals surface area contributed by atoms with E-state index in [1.165, 1.54) is 11.8 Å². The maximum absolute atomic E-state index is 13.7. The smallest absolute Gasteiger partial charge is 0.272 e. The van der Waals surface area contributed by atoms with E-state index >= 15 is 0 Å². The van der Waals surface area contributed by atoms with Gasteiger partial charge in [-0.05, 0) is 118 Å². The molecule has 6 aromatic carbocycles. The van der Waals surface area contributed by atoms with Gasteiger partial charge in [-0.1, -0.05) is 91.0 Å². The Kier molecular flexibility index (Phi) is 12.5. The number of hydrogen-bond donors (Lipinski definition) is 3. The third-order valence-corrected chi connectivity index (χ3v) is 9.77. The average Bonchev–Trinajstić information content (AvgIpc) is 3.19. The number of ether oxygens (including phenoxy) is 1. The van der Waals surface area contributed by atoms with Crippen LogP contribution < -0.4 is 20.7 Å². The van der Waals surface area contributed by atoms with E-state index in [-0.39, 0.29) is 11.6 Å². The van der Waals surface area contributed by atoms with Gasteiger partial charge in [0.1, 0.15) is 23.3 Å². The summed E-state index contributed by atoms with van der Waals surface area (Å²) in [5, 5.41) is 8.21. The lowest BCUT2D eigenvalue weighted by Crippen LogP contribution is -2.30. The van der Waals surface area contributed by atoms with Gasteiger partial charge in [0.25, 0.3) is 11.8 Å². The van der Waals surface area contributed by atoms with E-state index in [2.05, 4.69) is 38.5 Å². The molecule has 3 amide bonds. The van der Waals surface area contributed by atoms with Gasteiger partial charge in [-0.25, -0.2) is 0 Å². The third-order valence-electron chi connectivity index (χ3n) is 7.79. The van der Waals surface area contributed by atoms with Crippen LogP contribution in [0.3, 0.4) is 0 Å². The highest BCUT2D eigenvalue weighted by atomic mass is 127. The predicted octanol–water partition coefficient (Wildman–Crippen LogP) is 9.75. The molecule has 0 aliphatic heterocycles. The third kappa shape index (κ3) is 10.4. The van der Waals surface area contributed by atoms with Crippen LogP contribution in [0.15, 0.2) is 174 Å². The molecular formula is C43H34IN3O4S. The first-order valence-corrected chi connectivity index (χ1v) is 18.4. The van der Waals surface area contributed by atoms with Crippen LogP contribution in [0, 0.1) is 3.57 Å². The second-order valence-corrected chi connectivity index (χ2v) is 14.0. The highest BCUT2D eigenvalue weighted by molar-refractivity contribution is 14.1. The van der Waals surface area contributed by atoms with Gasteiger partial charge in [0.15, 0.2) is 0 Å². The summed E-state index contributed by atoms with van der Waals surface area (Å²) in [6, 6.07) is 50.4. The van der Waals surface area contributed by atoms with E-state index in [1.807, 2.05) is 127 Å². The molecule has 0 radical (unpaired) electrons. The van der Waals surface area contributed by atoms with Crippen molar-refractivity contribution in [2.75, 3.05) is 10.6 Å². The quantitative estimate of drug-likeness (QED) is 0.0613. The van der Waals surface area contributed by atoms with Crippen molar-refractivity contribution in [3.63, 3.8) is 0 Å². The van der Waals surface area contributed by atoms with Gasteiger partial charge in [0.2, 0.25) is 5.91 Å². The van der Waals surface area contributed by atoms with Gasteiger partial charge in [0, 0.05) is 25.4 Å². The zero-order valence-electron chi connectivity index (χ0n) is 27.9. The lowest BCUT2D eigenvalue weighted by molar-refractivity contribution is -0.116. The Bertz CT molecular complexity index is 2130. The monoisotopic (exact) mass is 815 g/mol. The SMILES string of the molecule is O=C(Nc1ccc(SC(C(=O)Nc2ccc(I)cc2)c2ccccc2)cc1)/C(=C/c1ccc(OCc2ccccc2)cc1)NC(=O)c1ccccc1. The molecule has 6 rings (SSSR count). The second-order valence-electron chi connectivity index (χ2n) is 11.6. The van der Waals surface area contributed by atoms with E-state index in [1.54, 1.807) is 42.5 Å². The Hall–Kier alpha value is -5.65. The molecule has 0 saturated heterocycles. The topological polar surface area (TPSA) is 96.5 Å². The number of carbonyl (C=O) groups is 3. The first kappa shape index (κ1) is 36.2. The van der Waals surface area contributed by atoms with Crippen molar-refractivity contribution in [3.05, 3.63) is 195 Å². The molecule has 1 atom stereocenters. The van der Waals surface area contributed by atoms with Gasteiger partial charge in [0.05, 0.1) is 0 Å². The summed E-state index contributed by atoms with van der Waals surface area (Å²) < 4.78 is 6.99. The molecule has 0 fully saturated rings. The highest BCUT2D eigenvalue weighted by Gasteiger charge is 2.22. The number of thioether (sulfide) groups is 1. The van der Waals surface area contributed by atoms with Gasteiger partial charge in [-0.15, -0.1) is 11.8 Å². The number of nitrogens with one attached hydrogen (secondary N) is 3. The standard InChI is InChI=1S/C43H34IN3O4S/c44-34-18-20-35(21-19-34)46-43(50)40(32-12-6-2-7-13-32)52-38-26-22-36(23-27-38)45-42(49)39(47-41(48)33-14-8-3-9-15-33)28-30-16-24-37(25-17-30)51-29-31-10-4-1-5-11-31/h1-28,40H,29H2,(H,45,49)(H,46,50)(H,47,48)/b39-28-. The minimum absolute atomic E-state index is 0.0710. The fraction of sp³-hybridized carbons (Fsp3) is 0.0465. The summed E-state index contributed by atoms with van der Waals surface area (Å²) in [5.74, 6) is -0.366. The molecule has 3 N–H and O–H groups in total. The van der Waals surface area contributed by atoms with Crippen LogP contribution in [0.4, 0.5) is 11.4 Å². The molecule has 0 heterocycles. The van der Waals surface area contributed by atoms with Crippen molar-refractivity contribution in [3.8, 4) is 5.75 Å².